The van der Waals surface area contributed by atoms with E-state index in [9.17, 15) is 17.2 Å². The summed E-state index contributed by atoms with van der Waals surface area (Å²) < 4.78 is 52.1. The van der Waals surface area contributed by atoms with E-state index in [0.29, 0.717) is 11.1 Å². The Kier molecular flexibility index (Phi) is 3.68. The molecule has 100 valence electrons. The van der Waals surface area contributed by atoms with E-state index in [0.717, 1.165) is 12.1 Å². The van der Waals surface area contributed by atoms with Gasteiger partial charge in [-0.25, -0.2) is 22.2 Å². The van der Waals surface area contributed by atoms with Gasteiger partial charge in [0, 0.05) is 6.20 Å². The molecular weight excluding hydrogens is 298 g/mol. The molecule has 0 radical (unpaired) electrons. The molecule has 4 nitrogen and oxygen atoms in total. The number of rotatable bonds is 3. The van der Waals surface area contributed by atoms with Crippen molar-refractivity contribution in [3.63, 3.8) is 0 Å². The Labute approximate surface area is 113 Å². The highest BCUT2D eigenvalue weighted by Crippen LogP contribution is 2.19. The van der Waals surface area contributed by atoms with Crippen LogP contribution in [0.5, 0.6) is 0 Å². The first-order chi connectivity index (χ1) is 8.88. The van der Waals surface area contributed by atoms with E-state index >= 15 is 0 Å². The lowest BCUT2D eigenvalue weighted by Crippen LogP contribution is -2.15. The number of nitrogens with one attached hydrogen (secondary N) is 1. The van der Waals surface area contributed by atoms with Crippen LogP contribution in [-0.2, 0) is 10.0 Å². The van der Waals surface area contributed by atoms with Crippen LogP contribution in [0.4, 0.5) is 14.6 Å². The Morgan fingerprint density at radius 3 is 2.53 bits per heavy atom. The van der Waals surface area contributed by atoms with Gasteiger partial charge in [0.2, 0.25) is 0 Å². The first-order valence-corrected chi connectivity index (χ1v) is 6.84. The number of aromatic nitrogens is 1. The maximum absolute atomic E-state index is 13.4. The molecule has 2 rings (SSSR count). The lowest BCUT2D eigenvalue weighted by molar-refractivity contribution is 0.555. The fourth-order valence-electron chi connectivity index (χ4n) is 1.31. The van der Waals surface area contributed by atoms with Gasteiger partial charge in [0.05, 0.1) is 5.02 Å². The van der Waals surface area contributed by atoms with Crippen molar-refractivity contribution in [1.82, 2.24) is 4.98 Å². The summed E-state index contributed by atoms with van der Waals surface area (Å²) in [6, 6.07) is 4.87. The van der Waals surface area contributed by atoms with E-state index in [1.54, 1.807) is 0 Å². The highest BCUT2D eigenvalue weighted by molar-refractivity contribution is 7.92. The number of nitrogens with zero attached hydrogens (tertiary/aromatic N) is 1. The van der Waals surface area contributed by atoms with Crippen LogP contribution in [0.2, 0.25) is 5.02 Å². The van der Waals surface area contributed by atoms with Gasteiger partial charge in [0.15, 0.2) is 0 Å². The van der Waals surface area contributed by atoms with Crippen LogP contribution < -0.4 is 4.72 Å². The van der Waals surface area contributed by atoms with Crippen molar-refractivity contribution in [3.05, 3.63) is 53.2 Å². The maximum atomic E-state index is 13.4. The van der Waals surface area contributed by atoms with Crippen molar-refractivity contribution < 1.29 is 17.2 Å². The topological polar surface area (TPSA) is 59.1 Å². The number of hydrogen-bond acceptors (Lipinski definition) is 3. The molecule has 0 saturated heterocycles. The Balaban J connectivity index is 2.37. The van der Waals surface area contributed by atoms with E-state index in [-0.39, 0.29) is 5.82 Å². The van der Waals surface area contributed by atoms with Crippen LogP contribution >= 0.6 is 11.6 Å². The lowest BCUT2D eigenvalue weighted by atomic mass is 10.3. The van der Waals surface area contributed by atoms with E-state index in [2.05, 4.69) is 4.98 Å². The van der Waals surface area contributed by atoms with Crippen molar-refractivity contribution in [1.29, 1.82) is 0 Å². The average molecular weight is 305 g/mol. The fraction of sp³-hybridized carbons (Fsp3) is 0. The van der Waals surface area contributed by atoms with E-state index < -0.39 is 26.6 Å². The molecule has 0 atom stereocenters. The SMILES string of the molecule is O=S(=O)(Nc1ccc(Cl)cn1)c1cc(F)ccc1F. The second kappa shape index (κ2) is 5.10. The Bertz CT molecular complexity index is 705. The van der Waals surface area contributed by atoms with Gasteiger partial charge in [-0.1, -0.05) is 11.6 Å². The molecular formula is C11H7ClF2N2O2S. The zero-order valence-electron chi connectivity index (χ0n) is 9.27. The van der Waals surface area contributed by atoms with E-state index in [4.69, 9.17) is 11.6 Å². The smallest absolute Gasteiger partial charge is 0.263 e. The molecule has 0 aliphatic rings. The van der Waals surface area contributed by atoms with Gasteiger partial charge in [0.1, 0.15) is 22.3 Å². The summed E-state index contributed by atoms with van der Waals surface area (Å²) in [5.41, 5.74) is 0. The van der Waals surface area contributed by atoms with Crippen molar-refractivity contribution in [2.24, 2.45) is 0 Å². The second-order valence-corrected chi connectivity index (χ2v) is 5.63. The third-order valence-corrected chi connectivity index (χ3v) is 3.74. The second-order valence-electron chi connectivity index (χ2n) is 3.54. The van der Waals surface area contributed by atoms with Crippen LogP contribution in [0.25, 0.3) is 0 Å². The number of benzene rings is 1. The van der Waals surface area contributed by atoms with Crippen molar-refractivity contribution >= 4 is 27.4 Å². The molecule has 0 fully saturated rings. The van der Waals surface area contributed by atoms with Gasteiger partial charge >= 0.3 is 0 Å². The molecule has 1 N–H and O–H groups in total. The Morgan fingerprint density at radius 2 is 1.89 bits per heavy atom. The van der Waals surface area contributed by atoms with Gasteiger partial charge in [0.25, 0.3) is 10.0 Å². The van der Waals surface area contributed by atoms with Crippen molar-refractivity contribution in [2.75, 3.05) is 4.72 Å². The van der Waals surface area contributed by atoms with E-state index in [1.165, 1.54) is 18.3 Å². The van der Waals surface area contributed by atoms with E-state index in [1.807, 2.05) is 4.72 Å². The zero-order valence-corrected chi connectivity index (χ0v) is 10.8. The number of hydrogen-bond donors (Lipinski definition) is 1. The largest absolute Gasteiger partial charge is 0.266 e. The van der Waals surface area contributed by atoms with Gasteiger partial charge in [-0.15, -0.1) is 0 Å². The molecule has 2 aromatic rings. The molecule has 0 unspecified atom stereocenters. The highest BCUT2D eigenvalue weighted by Gasteiger charge is 2.20. The van der Waals surface area contributed by atoms with Crippen LogP contribution in [0.15, 0.2) is 41.4 Å². The van der Waals surface area contributed by atoms with Crippen molar-refractivity contribution in [2.45, 2.75) is 4.90 Å². The molecule has 0 amide bonds. The summed E-state index contributed by atoms with van der Waals surface area (Å²) in [5, 5.41) is 0.319. The molecule has 19 heavy (non-hydrogen) atoms. The van der Waals surface area contributed by atoms with Gasteiger partial charge in [-0.3, -0.25) is 4.72 Å². The first kappa shape index (κ1) is 13.7. The minimum atomic E-state index is -4.25. The van der Waals surface area contributed by atoms with Crippen LogP contribution in [0.3, 0.4) is 0 Å². The maximum Gasteiger partial charge on any atom is 0.266 e. The first-order valence-electron chi connectivity index (χ1n) is 4.98. The summed E-state index contributed by atoms with van der Waals surface area (Å²) in [5.74, 6) is -1.96. The van der Waals surface area contributed by atoms with Crippen molar-refractivity contribution in [3.8, 4) is 0 Å². The zero-order chi connectivity index (χ0) is 14.0. The molecule has 1 aromatic carbocycles. The number of sulfonamides is 1. The predicted molar refractivity (Wildman–Crippen MR) is 66.4 cm³/mol. The van der Waals surface area contributed by atoms with Crippen LogP contribution in [0, 0.1) is 11.6 Å². The summed E-state index contributed by atoms with van der Waals surface area (Å²) in [4.78, 5) is 2.91. The molecule has 1 heterocycles. The highest BCUT2D eigenvalue weighted by atomic mass is 35.5. The third-order valence-electron chi connectivity index (χ3n) is 2.15. The Hall–Kier alpha value is -1.73. The minimum Gasteiger partial charge on any atom is -0.263 e. The van der Waals surface area contributed by atoms with Gasteiger partial charge in [-0.2, -0.15) is 0 Å². The van der Waals surface area contributed by atoms with Gasteiger partial charge in [-0.05, 0) is 30.3 Å². The quantitative estimate of drug-likeness (QED) is 0.948. The molecule has 8 heteroatoms. The van der Waals surface area contributed by atoms with Crippen LogP contribution in [0.1, 0.15) is 0 Å². The molecule has 0 spiro atoms. The standard InChI is InChI=1S/C11H7ClF2N2O2S/c12-7-1-4-11(15-6-7)16-19(17,18)10-5-8(13)2-3-9(10)14/h1-6H,(H,15,16). The minimum absolute atomic E-state index is 0.0481. The monoisotopic (exact) mass is 304 g/mol. The predicted octanol–water partition coefficient (Wildman–Crippen LogP) is 2.81. The van der Waals surface area contributed by atoms with Crippen LogP contribution in [-0.4, -0.2) is 13.4 Å². The number of halogens is 3. The number of pyridine rings is 1. The normalized spacial score (nSPS) is 11.3. The lowest BCUT2D eigenvalue weighted by Gasteiger charge is -2.08. The summed E-state index contributed by atoms with van der Waals surface area (Å²) in [7, 11) is -4.25. The summed E-state index contributed by atoms with van der Waals surface area (Å²) in [6.45, 7) is 0. The summed E-state index contributed by atoms with van der Waals surface area (Å²) >= 11 is 5.60. The molecule has 0 saturated carbocycles. The third kappa shape index (κ3) is 3.18. The summed E-state index contributed by atoms with van der Waals surface area (Å²) in [6.07, 6.45) is 1.22. The molecule has 0 aliphatic heterocycles. The molecule has 0 bridgehead atoms. The molecule has 1 aromatic heterocycles. The molecule has 0 aliphatic carbocycles. The van der Waals surface area contributed by atoms with Gasteiger partial charge < -0.3 is 0 Å². The average Bonchev–Trinajstić information content (AvgIpc) is 2.35. The Morgan fingerprint density at radius 1 is 1.16 bits per heavy atom. The number of anilines is 1. The fourth-order valence-corrected chi connectivity index (χ4v) is 2.52.